The van der Waals surface area contributed by atoms with E-state index in [9.17, 15) is 9.59 Å². The third-order valence-corrected chi connectivity index (χ3v) is 9.83. The van der Waals surface area contributed by atoms with E-state index in [1.54, 1.807) is 0 Å². The van der Waals surface area contributed by atoms with Gasteiger partial charge in [-0.15, -0.1) is 0 Å². The summed E-state index contributed by atoms with van der Waals surface area (Å²) in [6.45, 7) is 1.09. The lowest BCUT2D eigenvalue weighted by molar-refractivity contribution is -0.975. The molecule has 0 aliphatic carbocycles. The number of ketones is 2. The number of carbonyl (C=O) groups excluding carboxylic acids is 2. The van der Waals surface area contributed by atoms with Gasteiger partial charge in [0.25, 0.3) is 0 Å². The molecule has 38 heavy (non-hydrogen) atoms. The molecule has 4 atom stereocenters. The molecule has 2 aromatic rings. The maximum atomic E-state index is 11.8. The van der Waals surface area contributed by atoms with E-state index in [0.717, 1.165) is 42.0 Å². The lowest BCUT2D eigenvalue weighted by Crippen LogP contribution is -3.00. The predicted molar refractivity (Wildman–Crippen MR) is 155 cm³/mol. The first kappa shape index (κ1) is 31.2. The van der Waals surface area contributed by atoms with E-state index < -0.39 is 0 Å². The first-order valence-corrected chi connectivity index (χ1v) is 15.2. The summed E-state index contributed by atoms with van der Waals surface area (Å²) in [6.07, 6.45) is 10.8. The van der Waals surface area contributed by atoms with Crippen LogP contribution in [0.5, 0.6) is 0 Å². The number of quaternary nitrogens is 1. The van der Waals surface area contributed by atoms with Crippen LogP contribution in [0.1, 0.15) is 75.3 Å². The van der Waals surface area contributed by atoms with Gasteiger partial charge in [0.1, 0.15) is 18.1 Å². The molecular formula is C32H44Br2N2O2. The summed E-state index contributed by atoms with van der Waals surface area (Å²) in [4.78, 5) is 25.4. The van der Waals surface area contributed by atoms with Crippen molar-refractivity contribution in [2.75, 3.05) is 14.1 Å². The molecule has 4 aliphatic rings. The van der Waals surface area contributed by atoms with Crippen LogP contribution in [0, 0.1) is 0 Å². The second kappa shape index (κ2) is 14.9. The number of fused-ring (bicyclic) bond motifs is 4. The molecule has 4 unspecified atom stereocenters. The average Bonchev–Trinajstić information content (AvgIpc) is 2.88. The zero-order valence-electron chi connectivity index (χ0n) is 23.0. The van der Waals surface area contributed by atoms with Crippen LogP contribution in [0.3, 0.4) is 0 Å². The third-order valence-electron chi connectivity index (χ3n) is 9.19. The summed E-state index contributed by atoms with van der Waals surface area (Å²) < 4.78 is 1.09. The molecule has 4 fully saturated rings. The smallest absolute Gasteiger partial charge is 0.144 e. The molecule has 4 saturated heterocycles. The van der Waals surface area contributed by atoms with Gasteiger partial charge in [-0.25, -0.2) is 0 Å². The molecule has 0 radical (unpaired) electrons. The quantitative estimate of drug-likeness (QED) is 0.377. The molecule has 208 valence electrons. The molecule has 6 heteroatoms. The fourth-order valence-corrected chi connectivity index (χ4v) is 7.28. The Morgan fingerprint density at radius 2 is 1.18 bits per heavy atom. The topological polar surface area (TPSA) is 37.4 Å². The van der Waals surface area contributed by atoms with Gasteiger partial charge in [-0.05, 0) is 31.9 Å². The van der Waals surface area contributed by atoms with Crippen molar-refractivity contribution in [1.82, 2.24) is 4.90 Å². The summed E-state index contributed by atoms with van der Waals surface area (Å²) in [5, 5.41) is 0.952. The van der Waals surface area contributed by atoms with Crippen molar-refractivity contribution in [1.29, 1.82) is 0 Å². The summed E-state index contributed by atoms with van der Waals surface area (Å²) in [7, 11) is 4.54. The normalized spacial score (nSPS) is 30.1. The van der Waals surface area contributed by atoms with Crippen molar-refractivity contribution in [3.63, 3.8) is 0 Å². The van der Waals surface area contributed by atoms with Crippen LogP contribution < -0.4 is 17.0 Å². The van der Waals surface area contributed by atoms with Crippen LogP contribution in [0.4, 0.5) is 0 Å². The Balaban J connectivity index is 0.000000171. The average molecular weight is 649 g/mol. The number of rotatable bonds is 3. The van der Waals surface area contributed by atoms with Gasteiger partial charge in [0, 0.05) is 48.7 Å². The zero-order chi connectivity index (χ0) is 26.3. The van der Waals surface area contributed by atoms with Crippen LogP contribution >= 0.6 is 15.9 Å². The third kappa shape index (κ3) is 8.09. The van der Waals surface area contributed by atoms with Crippen molar-refractivity contribution in [3.05, 3.63) is 71.8 Å². The Hall–Kier alpha value is -1.34. The first-order chi connectivity index (χ1) is 17.9. The molecule has 0 saturated carbocycles. The highest BCUT2D eigenvalue weighted by atomic mass is 79.9. The lowest BCUT2D eigenvalue weighted by Gasteiger charge is -2.53. The Kier molecular flexibility index (Phi) is 12.2. The monoisotopic (exact) mass is 646 g/mol. The van der Waals surface area contributed by atoms with Crippen LogP contribution in [0.2, 0.25) is 0 Å². The predicted octanol–water partition coefficient (Wildman–Crippen LogP) is 3.70. The van der Waals surface area contributed by atoms with Crippen molar-refractivity contribution in [2.45, 2.75) is 100 Å². The van der Waals surface area contributed by atoms with Crippen LogP contribution in [-0.4, -0.2) is 59.2 Å². The summed E-state index contributed by atoms with van der Waals surface area (Å²) in [5.74, 6) is 0.978. The van der Waals surface area contributed by atoms with E-state index in [1.807, 2.05) is 18.2 Å². The fraction of sp³-hybridized carbons (Fsp3) is 0.562. The van der Waals surface area contributed by atoms with E-state index in [2.05, 4.69) is 77.4 Å². The molecule has 2 aromatic carbocycles. The van der Waals surface area contributed by atoms with Crippen LogP contribution in [-0.2, 0) is 21.5 Å². The van der Waals surface area contributed by atoms with Gasteiger partial charge in [0.15, 0.2) is 0 Å². The fourth-order valence-electron chi connectivity index (χ4n) is 6.90. The van der Waals surface area contributed by atoms with Crippen molar-refractivity contribution < 1.29 is 31.1 Å². The summed E-state index contributed by atoms with van der Waals surface area (Å²) >= 11 is 3.36. The molecule has 4 bridgehead atoms. The maximum absolute atomic E-state index is 11.8. The number of hydrogen-bond acceptors (Lipinski definition) is 3. The Morgan fingerprint density at radius 3 is 1.66 bits per heavy atom. The highest BCUT2D eigenvalue weighted by molar-refractivity contribution is 9.08. The number of nitrogens with zero attached hydrogens (tertiary/aromatic N) is 2. The van der Waals surface area contributed by atoms with Crippen LogP contribution in [0.15, 0.2) is 60.7 Å². The Bertz CT molecular complexity index is 985. The number of piperidine rings is 4. The largest absolute Gasteiger partial charge is 1.00 e. The van der Waals surface area contributed by atoms with Gasteiger partial charge in [-0.2, -0.15) is 0 Å². The Morgan fingerprint density at radius 1 is 0.737 bits per heavy atom. The molecule has 4 nitrogen and oxygen atoms in total. The lowest BCUT2D eigenvalue weighted by atomic mass is 9.81. The summed E-state index contributed by atoms with van der Waals surface area (Å²) in [5.41, 5.74) is 2.73. The second-order valence-electron chi connectivity index (χ2n) is 11.6. The minimum absolute atomic E-state index is 0. The van der Waals surface area contributed by atoms with Gasteiger partial charge < -0.3 is 21.5 Å². The second-order valence-corrected chi connectivity index (χ2v) is 12.2. The summed E-state index contributed by atoms with van der Waals surface area (Å²) in [6, 6.07) is 23.3. The van der Waals surface area contributed by atoms with Gasteiger partial charge >= 0.3 is 0 Å². The number of alkyl halides is 1. The molecule has 0 spiro atoms. The van der Waals surface area contributed by atoms with E-state index in [-0.39, 0.29) is 17.0 Å². The minimum atomic E-state index is 0. The molecule has 6 rings (SSSR count). The highest BCUT2D eigenvalue weighted by Gasteiger charge is 2.48. The van der Waals surface area contributed by atoms with E-state index in [1.165, 1.54) is 49.7 Å². The molecule has 0 N–H and O–H groups in total. The van der Waals surface area contributed by atoms with Gasteiger partial charge in [0.05, 0.1) is 32.0 Å². The number of benzene rings is 2. The molecular weight excluding hydrogens is 604 g/mol. The molecule has 4 aliphatic heterocycles. The van der Waals surface area contributed by atoms with E-state index >= 15 is 0 Å². The number of halogens is 2. The van der Waals surface area contributed by atoms with Gasteiger partial charge in [0.2, 0.25) is 0 Å². The SMILES string of the molecule is BrCc1ccccc1.CN1C2CCCC1CC(=O)C2.C[N+]1(Cc2ccccc2)C2CCCC1CC(=O)C2.[Br-]. The van der Waals surface area contributed by atoms with Crippen molar-refractivity contribution in [2.24, 2.45) is 0 Å². The standard InChI is InChI=1S/C16H22NO.C9H15NO.C7H7Br.BrH/c1-17(12-13-6-3-2-4-7-13)14-8-5-9-15(17)11-16(18)10-14;1-10-7-3-2-4-8(10)6-9(11)5-7;8-6-7-4-2-1-3-5-7;/h2-4,6-7,14-15H,5,8-12H2,1H3;7-8H,2-6H2,1H3;1-5H,6H2;1H/q+1;;;/p-1. The van der Waals surface area contributed by atoms with Gasteiger partial charge in [-0.1, -0.05) is 83.0 Å². The van der Waals surface area contributed by atoms with E-state index in [0.29, 0.717) is 35.7 Å². The van der Waals surface area contributed by atoms with Crippen molar-refractivity contribution >= 4 is 27.5 Å². The maximum Gasteiger partial charge on any atom is 0.144 e. The minimum Gasteiger partial charge on any atom is -1.00 e. The van der Waals surface area contributed by atoms with Crippen molar-refractivity contribution in [3.8, 4) is 0 Å². The molecule has 0 amide bonds. The zero-order valence-corrected chi connectivity index (χ0v) is 26.2. The number of hydrogen-bond donors (Lipinski definition) is 0. The highest BCUT2D eigenvalue weighted by Crippen LogP contribution is 2.39. The van der Waals surface area contributed by atoms with E-state index in [4.69, 9.17) is 0 Å². The van der Waals surface area contributed by atoms with Gasteiger partial charge in [-0.3, -0.25) is 14.5 Å². The Labute approximate surface area is 248 Å². The number of carbonyl (C=O) groups is 2. The van der Waals surface area contributed by atoms with Crippen LogP contribution in [0.25, 0.3) is 0 Å². The first-order valence-electron chi connectivity index (χ1n) is 14.1. The number of Topliss-reactive ketones (excluding diaryl/α,β-unsaturated/α-hetero) is 2. The molecule has 0 aromatic heterocycles. The molecule has 4 heterocycles.